The van der Waals surface area contributed by atoms with Crippen molar-refractivity contribution in [2.24, 2.45) is 0 Å². The molecule has 1 N–H and O–H groups in total. The second-order valence-corrected chi connectivity index (χ2v) is 6.05. The lowest BCUT2D eigenvalue weighted by molar-refractivity contribution is -0.119. The summed E-state index contributed by atoms with van der Waals surface area (Å²) >= 11 is 3.17. The molecule has 2 aromatic rings. The van der Waals surface area contributed by atoms with E-state index >= 15 is 0 Å². The standard InChI is InChI=1S/C18H20BrFN2O/c1-2-22(15-6-4-3-5-7-15)13-18(23)21-11-10-14-8-9-17(20)16(19)12-14/h3-9,12H,2,10-11,13H2,1H3,(H,21,23). The van der Waals surface area contributed by atoms with Crippen LogP contribution in [0.15, 0.2) is 53.0 Å². The maximum Gasteiger partial charge on any atom is 0.239 e. The fourth-order valence-corrected chi connectivity index (χ4v) is 2.72. The highest BCUT2D eigenvalue weighted by molar-refractivity contribution is 9.10. The lowest BCUT2D eigenvalue weighted by Crippen LogP contribution is -2.38. The van der Waals surface area contributed by atoms with E-state index in [9.17, 15) is 9.18 Å². The number of halogens is 2. The zero-order valence-corrected chi connectivity index (χ0v) is 14.6. The molecule has 0 aliphatic carbocycles. The van der Waals surface area contributed by atoms with Crippen molar-refractivity contribution < 1.29 is 9.18 Å². The summed E-state index contributed by atoms with van der Waals surface area (Å²) in [4.78, 5) is 14.1. The predicted molar refractivity (Wildman–Crippen MR) is 95.1 cm³/mol. The Hall–Kier alpha value is -1.88. The zero-order chi connectivity index (χ0) is 16.7. The zero-order valence-electron chi connectivity index (χ0n) is 13.1. The first kappa shape index (κ1) is 17.5. The summed E-state index contributed by atoms with van der Waals surface area (Å²) in [6.07, 6.45) is 0.669. The maximum absolute atomic E-state index is 13.2. The largest absolute Gasteiger partial charge is 0.363 e. The molecule has 0 radical (unpaired) electrons. The van der Waals surface area contributed by atoms with Gasteiger partial charge in [0.1, 0.15) is 5.82 Å². The van der Waals surface area contributed by atoms with E-state index in [1.165, 1.54) is 6.07 Å². The number of carbonyl (C=O) groups is 1. The summed E-state index contributed by atoms with van der Waals surface area (Å²) < 4.78 is 13.6. The molecule has 23 heavy (non-hydrogen) atoms. The fraction of sp³-hybridized carbons (Fsp3) is 0.278. The second-order valence-electron chi connectivity index (χ2n) is 5.20. The summed E-state index contributed by atoms with van der Waals surface area (Å²) in [5.74, 6) is -0.295. The van der Waals surface area contributed by atoms with Crippen LogP contribution in [0.2, 0.25) is 0 Å². The van der Waals surface area contributed by atoms with Crippen LogP contribution in [0, 0.1) is 5.82 Å². The number of anilines is 1. The van der Waals surface area contributed by atoms with E-state index in [-0.39, 0.29) is 11.7 Å². The van der Waals surface area contributed by atoms with E-state index in [1.807, 2.05) is 42.2 Å². The minimum absolute atomic E-state index is 0.0168. The van der Waals surface area contributed by atoms with Gasteiger partial charge < -0.3 is 10.2 Å². The molecule has 0 fully saturated rings. The summed E-state index contributed by atoms with van der Waals surface area (Å²) in [5.41, 5.74) is 2.02. The molecule has 122 valence electrons. The van der Waals surface area contributed by atoms with Gasteiger partial charge in [0, 0.05) is 18.8 Å². The lowest BCUT2D eigenvalue weighted by Gasteiger charge is -2.22. The SMILES string of the molecule is CCN(CC(=O)NCCc1ccc(F)c(Br)c1)c1ccccc1. The normalized spacial score (nSPS) is 10.4. The van der Waals surface area contributed by atoms with Crippen molar-refractivity contribution in [3.05, 3.63) is 64.4 Å². The maximum atomic E-state index is 13.2. The Balaban J connectivity index is 1.81. The first-order chi connectivity index (χ1) is 11.1. The van der Waals surface area contributed by atoms with E-state index in [2.05, 4.69) is 21.2 Å². The fourth-order valence-electron chi connectivity index (χ4n) is 2.30. The minimum atomic E-state index is -0.278. The van der Waals surface area contributed by atoms with E-state index in [0.717, 1.165) is 17.8 Å². The first-order valence-electron chi connectivity index (χ1n) is 7.60. The number of rotatable bonds is 7. The molecule has 3 nitrogen and oxygen atoms in total. The molecular formula is C18H20BrFN2O. The van der Waals surface area contributed by atoms with E-state index in [1.54, 1.807) is 12.1 Å². The molecule has 0 aromatic heterocycles. The Kier molecular flexibility index (Phi) is 6.59. The Labute approximate surface area is 144 Å². The highest BCUT2D eigenvalue weighted by Crippen LogP contribution is 2.17. The lowest BCUT2D eigenvalue weighted by atomic mass is 10.1. The molecular weight excluding hydrogens is 359 g/mol. The van der Waals surface area contributed by atoms with Crippen molar-refractivity contribution in [3.63, 3.8) is 0 Å². The van der Waals surface area contributed by atoms with Gasteiger partial charge in [0.15, 0.2) is 0 Å². The highest BCUT2D eigenvalue weighted by Gasteiger charge is 2.09. The van der Waals surface area contributed by atoms with Gasteiger partial charge in [-0.3, -0.25) is 4.79 Å². The van der Waals surface area contributed by atoms with Crippen LogP contribution in [0.5, 0.6) is 0 Å². The van der Waals surface area contributed by atoms with Crippen molar-refractivity contribution in [1.82, 2.24) is 5.32 Å². The molecule has 0 aliphatic heterocycles. The second kappa shape index (κ2) is 8.67. The number of nitrogens with zero attached hydrogens (tertiary/aromatic N) is 1. The first-order valence-corrected chi connectivity index (χ1v) is 8.40. The topological polar surface area (TPSA) is 32.3 Å². The van der Waals surface area contributed by atoms with Crippen LogP contribution in [-0.2, 0) is 11.2 Å². The van der Waals surface area contributed by atoms with Crippen LogP contribution in [0.25, 0.3) is 0 Å². The van der Waals surface area contributed by atoms with E-state index in [0.29, 0.717) is 24.0 Å². The summed E-state index contributed by atoms with van der Waals surface area (Å²) in [7, 11) is 0. The summed E-state index contributed by atoms with van der Waals surface area (Å²) in [6.45, 7) is 3.65. The number of likely N-dealkylation sites (N-methyl/N-ethyl adjacent to an activating group) is 1. The van der Waals surface area contributed by atoms with Gasteiger partial charge in [-0.2, -0.15) is 0 Å². The molecule has 0 bridgehead atoms. The molecule has 0 heterocycles. The Morgan fingerprint density at radius 2 is 1.96 bits per heavy atom. The number of hydrogen-bond donors (Lipinski definition) is 1. The van der Waals surface area contributed by atoms with Crippen LogP contribution < -0.4 is 10.2 Å². The van der Waals surface area contributed by atoms with E-state index in [4.69, 9.17) is 0 Å². The smallest absolute Gasteiger partial charge is 0.239 e. The molecule has 0 aliphatic rings. The molecule has 0 saturated carbocycles. The Morgan fingerprint density at radius 3 is 2.61 bits per heavy atom. The Bertz CT molecular complexity index is 649. The number of carbonyl (C=O) groups excluding carboxylic acids is 1. The molecule has 0 spiro atoms. The molecule has 1 amide bonds. The van der Waals surface area contributed by atoms with Gasteiger partial charge in [0.25, 0.3) is 0 Å². The van der Waals surface area contributed by atoms with Crippen molar-refractivity contribution in [2.45, 2.75) is 13.3 Å². The van der Waals surface area contributed by atoms with Crippen molar-refractivity contribution >= 4 is 27.5 Å². The molecule has 0 atom stereocenters. The van der Waals surface area contributed by atoms with Gasteiger partial charge in [0.2, 0.25) is 5.91 Å². The van der Waals surface area contributed by atoms with Crippen LogP contribution in [0.1, 0.15) is 12.5 Å². The van der Waals surface area contributed by atoms with Crippen molar-refractivity contribution in [3.8, 4) is 0 Å². The van der Waals surface area contributed by atoms with Gasteiger partial charge in [-0.15, -0.1) is 0 Å². The third-order valence-electron chi connectivity index (χ3n) is 3.56. The van der Waals surface area contributed by atoms with Crippen molar-refractivity contribution in [1.29, 1.82) is 0 Å². The van der Waals surface area contributed by atoms with Crippen molar-refractivity contribution in [2.75, 3.05) is 24.5 Å². The highest BCUT2D eigenvalue weighted by atomic mass is 79.9. The predicted octanol–water partition coefficient (Wildman–Crippen LogP) is 3.77. The average molecular weight is 379 g/mol. The number of nitrogens with one attached hydrogen (secondary N) is 1. The molecule has 2 rings (SSSR count). The summed E-state index contributed by atoms with van der Waals surface area (Å²) in [6, 6.07) is 14.8. The van der Waals surface area contributed by atoms with Crippen LogP contribution >= 0.6 is 15.9 Å². The minimum Gasteiger partial charge on any atom is -0.363 e. The van der Waals surface area contributed by atoms with Gasteiger partial charge in [-0.05, 0) is 59.1 Å². The molecule has 5 heteroatoms. The Morgan fingerprint density at radius 1 is 1.22 bits per heavy atom. The van der Waals surface area contributed by atoms with Crippen LogP contribution in [0.3, 0.4) is 0 Å². The number of amides is 1. The van der Waals surface area contributed by atoms with Gasteiger partial charge >= 0.3 is 0 Å². The third kappa shape index (κ3) is 5.36. The van der Waals surface area contributed by atoms with Crippen LogP contribution in [-0.4, -0.2) is 25.5 Å². The van der Waals surface area contributed by atoms with Gasteiger partial charge in [0.05, 0.1) is 11.0 Å². The number of hydrogen-bond acceptors (Lipinski definition) is 2. The molecule has 0 saturated heterocycles. The number of para-hydroxylation sites is 1. The third-order valence-corrected chi connectivity index (χ3v) is 4.17. The number of benzene rings is 2. The van der Waals surface area contributed by atoms with Gasteiger partial charge in [-0.1, -0.05) is 24.3 Å². The van der Waals surface area contributed by atoms with Crippen LogP contribution in [0.4, 0.5) is 10.1 Å². The van der Waals surface area contributed by atoms with E-state index < -0.39 is 0 Å². The average Bonchev–Trinajstić information content (AvgIpc) is 2.56. The summed E-state index contributed by atoms with van der Waals surface area (Å²) in [5, 5.41) is 2.91. The van der Waals surface area contributed by atoms with Gasteiger partial charge in [-0.25, -0.2) is 4.39 Å². The molecule has 0 unspecified atom stereocenters. The molecule has 2 aromatic carbocycles. The quantitative estimate of drug-likeness (QED) is 0.794. The monoisotopic (exact) mass is 378 g/mol.